The van der Waals surface area contributed by atoms with Gasteiger partial charge in [-0.1, -0.05) is 24.8 Å². The molecule has 1 amide bonds. The van der Waals surface area contributed by atoms with Gasteiger partial charge in [0, 0.05) is 0 Å². The van der Waals surface area contributed by atoms with E-state index < -0.39 is 24.2 Å². The Morgan fingerprint density at radius 2 is 2.33 bits per heavy atom. The van der Waals surface area contributed by atoms with E-state index in [0.29, 0.717) is 0 Å². The van der Waals surface area contributed by atoms with Crippen LogP contribution in [-0.2, 0) is 14.3 Å². The fourth-order valence-electron chi connectivity index (χ4n) is 1.40. The maximum absolute atomic E-state index is 13.9. The highest BCUT2D eigenvalue weighted by molar-refractivity contribution is 5.77. The van der Waals surface area contributed by atoms with Gasteiger partial charge in [0.2, 0.25) is 0 Å². The molecule has 0 fully saturated rings. The normalized spacial score (nSPS) is 21.8. The second-order valence-electron chi connectivity index (χ2n) is 3.47. The van der Waals surface area contributed by atoms with Crippen LogP contribution in [0.15, 0.2) is 36.6 Å². The minimum atomic E-state index is -1.67. The van der Waals surface area contributed by atoms with E-state index in [9.17, 15) is 14.0 Å². The molecule has 0 saturated heterocycles. The summed E-state index contributed by atoms with van der Waals surface area (Å²) in [6.45, 7) is 3.39. The Bertz CT molecular complexity index is 403. The smallest absolute Gasteiger partial charge is 0.411 e. The zero-order valence-electron chi connectivity index (χ0n) is 9.89. The van der Waals surface area contributed by atoms with Gasteiger partial charge in [-0.3, -0.25) is 10.1 Å². The Labute approximate surface area is 104 Å². The van der Waals surface area contributed by atoms with Crippen molar-refractivity contribution in [3.8, 4) is 0 Å². The first-order valence-electron chi connectivity index (χ1n) is 5.25. The number of hydrogen-bond donors (Lipinski definition) is 1. The lowest BCUT2D eigenvalue weighted by Crippen LogP contribution is -2.36. The standard InChI is InChI=1S/C12H14FNO4/c1-3-7-18-12(16)14-9-6-4-5-8(10(9)13)11(15)17-2/h3-6,8,10H,1,7H2,2H3,(H,14,16). The van der Waals surface area contributed by atoms with E-state index >= 15 is 0 Å². The van der Waals surface area contributed by atoms with Gasteiger partial charge in [0.1, 0.15) is 12.5 Å². The highest BCUT2D eigenvalue weighted by Crippen LogP contribution is 2.22. The van der Waals surface area contributed by atoms with Crippen molar-refractivity contribution in [2.45, 2.75) is 6.17 Å². The van der Waals surface area contributed by atoms with Crippen molar-refractivity contribution < 1.29 is 23.5 Å². The molecule has 6 heteroatoms. The zero-order valence-corrected chi connectivity index (χ0v) is 9.89. The number of nitrogens with one attached hydrogen (secondary N) is 1. The lowest BCUT2D eigenvalue weighted by molar-refractivity contribution is -0.145. The maximum atomic E-state index is 13.9. The molecule has 0 heterocycles. The number of esters is 1. The van der Waals surface area contributed by atoms with Crippen LogP contribution < -0.4 is 5.32 Å². The molecule has 18 heavy (non-hydrogen) atoms. The van der Waals surface area contributed by atoms with E-state index in [0.717, 1.165) is 0 Å². The number of halogens is 1. The summed E-state index contributed by atoms with van der Waals surface area (Å²) in [5, 5.41) is 2.23. The van der Waals surface area contributed by atoms with Crippen LogP contribution in [0.2, 0.25) is 0 Å². The van der Waals surface area contributed by atoms with Gasteiger partial charge in [-0.15, -0.1) is 0 Å². The second kappa shape index (κ2) is 6.58. The fraction of sp³-hybridized carbons (Fsp3) is 0.333. The van der Waals surface area contributed by atoms with E-state index in [-0.39, 0.29) is 12.3 Å². The molecule has 5 nitrogen and oxygen atoms in total. The van der Waals surface area contributed by atoms with E-state index in [2.05, 4.69) is 21.4 Å². The number of alkyl halides is 1. The lowest BCUT2D eigenvalue weighted by Gasteiger charge is -2.21. The molecule has 1 N–H and O–H groups in total. The van der Waals surface area contributed by atoms with E-state index in [4.69, 9.17) is 0 Å². The van der Waals surface area contributed by atoms with Gasteiger partial charge in [-0.2, -0.15) is 0 Å². The van der Waals surface area contributed by atoms with Crippen molar-refractivity contribution in [3.05, 3.63) is 36.6 Å². The molecule has 2 unspecified atom stereocenters. The van der Waals surface area contributed by atoms with Crippen LogP contribution in [-0.4, -0.2) is 32.0 Å². The monoisotopic (exact) mass is 255 g/mol. The summed E-state index contributed by atoms with van der Waals surface area (Å²) < 4.78 is 23.0. The van der Waals surface area contributed by atoms with Crippen LogP contribution in [0.25, 0.3) is 0 Å². The lowest BCUT2D eigenvalue weighted by atomic mass is 9.96. The van der Waals surface area contributed by atoms with E-state index in [1.807, 2.05) is 0 Å². The molecule has 0 aromatic carbocycles. The third kappa shape index (κ3) is 3.44. The molecule has 1 rings (SSSR count). The van der Waals surface area contributed by atoms with Gasteiger partial charge in [-0.25, -0.2) is 9.18 Å². The minimum absolute atomic E-state index is 0.0202. The molecule has 98 valence electrons. The van der Waals surface area contributed by atoms with Gasteiger partial charge < -0.3 is 9.47 Å². The van der Waals surface area contributed by atoms with Gasteiger partial charge in [0.25, 0.3) is 0 Å². The molecule has 0 spiro atoms. The zero-order chi connectivity index (χ0) is 13.5. The molecule has 2 atom stereocenters. The number of allylic oxidation sites excluding steroid dienone is 3. The highest BCUT2D eigenvalue weighted by Gasteiger charge is 2.32. The van der Waals surface area contributed by atoms with Crippen LogP contribution in [0.1, 0.15) is 0 Å². The molecule has 0 aromatic heterocycles. The summed E-state index contributed by atoms with van der Waals surface area (Å²) in [5.41, 5.74) is -0.0398. The third-order valence-corrected chi connectivity index (χ3v) is 2.26. The molecule has 0 radical (unpaired) electrons. The van der Waals surface area contributed by atoms with Gasteiger partial charge in [-0.05, 0) is 6.08 Å². The summed E-state index contributed by atoms with van der Waals surface area (Å²) in [5.74, 6) is -1.76. The summed E-state index contributed by atoms with van der Waals surface area (Å²) in [6.07, 6.45) is 3.12. The predicted octanol–water partition coefficient (Wildman–Crippen LogP) is 1.48. The molecular formula is C12H14FNO4. The van der Waals surface area contributed by atoms with Crippen molar-refractivity contribution in [3.63, 3.8) is 0 Å². The first-order chi connectivity index (χ1) is 8.60. The average Bonchev–Trinajstić information content (AvgIpc) is 2.38. The Kier molecular flexibility index (Phi) is 5.10. The minimum Gasteiger partial charge on any atom is -0.468 e. The number of amides is 1. The third-order valence-electron chi connectivity index (χ3n) is 2.26. The molecule has 0 bridgehead atoms. The van der Waals surface area contributed by atoms with E-state index in [1.54, 1.807) is 0 Å². The quantitative estimate of drug-likeness (QED) is 0.610. The SMILES string of the molecule is C=CCOC(=O)NC1=CC=CC(C(=O)OC)C1F. The predicted molar refractivity (Wildman–Crippen MR) is 62.3 cm³/mol. The number of carbonyl (C=O) groups is 2. The number of methoxy groups -OCH3 is 1. The Morgan fingerprint density at radius 3 is 2.94 bits per heavy atom. The number of ether oxygens (including phenoxy) is 2. The highest BCUT2D eigenvalue weighted by atomic mass is 19.1. The van der Waals surface area contributed by atoms with Gasteiger partial charge in [0.05, 0.1) is 12.8 Å². The van der Waals surface area contributed by atoms with Crippen LogP contribution in [0.3, 0.4) is 0 Å². The molecule has 0 saturated carbocycles. The number of carbonyl (C=O) groups excluding carboxylic acids is 2. The van der Waals surface area contributed by atoms with Crippen molar-refractivity contribution >= 4 is 12.1 Å². The molecule has 0 aliphatic heterocycles. The second-order valence-corrected chi connectivity index (χ2v) is 3.47. The van der Waals surface area contributed by atoms with Crippen molar-refractivity contribution in [1.82, 2.24) is 5.32 Å². The number of alkyl carbamates (subject to hydrolysis) is 1. The molecule has 1 aliphatic rings. The van der Waals surface area contributed by atoms with Gasteiger partial charge >= 0.3 is 12.1 Å². The maximum Gasteiger partial charge on any atom is 0.411 e. The number of hydrogen-bond acceptors (Lipinski definition) is 4. The Morgan fingerprint density at radius 1 is 1.61 bits per heavy atom. The number of rotatable bonds is 4. The van der Waals surface area contributed by atoms with Crippen LogP contribution >= 0.6 is 0 Å². The van der Waals surface area contributed by atoms with Crippen LogP contribution in [0.5, 0.6) is 0 Å². The summed E-state index contributed by atoms with van der Waals surface area (Å²) >= 11 is 0. The van der Waals surface area contributed by atoms with E-state index in [1.165, 1.54) is 31.4 Å². The largest absolute Gasteiger partial charge is 0.468 e. The summed E-state index contributed by atoms with van der Waals surface area (Å²) in [4.78, 5) is 22.5. The average molecular weight is 255 g/mol. The van der Waals surface area contributed by atoms with Crippen molar-refractivity contribution in [2.24, 2.45) is 5.92 Å². The Balaban J connectivity index is 2.64. The first-order valence-corrected chi connectivity index (χ1v) is 5.25. The van der Waals surface area contributed by atoms with Crippen molar-refractivity contribution in [1.29, 1.82) is 0 Å². The topological polar surface area (TPSA) is 64.6 Å². The summed E-state index contributed by atoms with van der Waals surface area (Å²) in [7, 11) is 1.17. The fourth-order valence-corrected chi connectivity index (χ4v) is 1.40. The van der Waals surface area contributed by atoms with Crippen LogP contribution in [0.4, 0.5) is 9.18 Å². The van der Waals surface area contributed by atoms with Gasteiger partial charge in [0.15, 0.2) is 6.17 Å². The molecular weight excluding hydrogens is 241 g/mol. The van der Waals surface area contributed by atoms with Crippen LogP contribution in [0, 0.1) is 5.92 Å². The molecule has 0 aromatic rings. The van der Waals surface area contributed by atoms with Crippen molar-refractivity contribution in [2.75, 3.05) is 13.7 Å². The Hall–Kier alpha value is -2.11. The first kappa shape index (κ1) is 14.0. The molecule has 1 aliphatic carbocycles. The summed E-state index contributed by atoms with van der Waals surface area (Å²) in [6, 6.07) is 0.